The summed E-state index contributed by atoms with van der Waals surface area (Å²) in [4.78, 5) is 12.0. The SMILES string of the molecule is CC(C)OC(=S)Cc1cc(NC(=O)C(C)(C)C)c(F)cc1Cl. The molecule has 122 valence electrons. The predicted molar refractivity (Wildman–Crippen MR) is 92.0 cm³/mol. The van der Waals surface area contributed by atoms with Gasteiger partial charge in [-0.2, -0.15) is 0 Å². The van der Waals surface area contributed by atoms with Crippen molar-refractivity contribution < 1.29 is 13.9 Å². The zero-order valence-electron chi connectivity index (χ0n) is 13.4. The van der Waals surface area contributed by atoms with Gasteiger partial charge in [0.05, 0.1) is 11.8 Å². The van der Waals surface area contributed by atoms with Crippen LogP contribution in [0.25, 0.3) is 0 Å². The Labute approximate surface area is 141 Å². The Morgan fingerprint density at radius 1 is 1.41 bits per heavy atom. The van der Waals surface area contributed by atoms with Crippen LogP contribution in [0.3, 0.4) is 0 Å². The Morgan fingerprint density at radius 3 is 2.50 bits per heavy atom. The zero-order chi connectivity index (χ0) is 17.1. The summed E-state index contributed by atoms with van der Waals surface area (Å²) < 4.78 is 19.4. The number of anilines is 1. The molecule has 0 bridgehead atoms. The Bertz CT molecular complexity index is 582. The average Bonchev–Trinajstić information content (AvgIpc) is 2.32. The molecule has 0 saturated heterocycles. The van der Waals surface area contributed by atoms with E-state index in [1.165, 1.54) is 12.1 Å². The van der Waals surface area contributed by atoms with E-state index in [-0.39, 0.29) is 29.1 Å². The van der Waals surface area contributed by atoms with Crippen LogP contribution in [0.2, 0.25) is 5.02 Å². The number of benzene rings is 1. The Kier molecular flexibility index (Phi) is 6.32. The second kappa shape index (κ2) is 7.38. The van der Waals surface area contributed by atoms with Crippen LogP contribution in [-0.4, -0.2) is 17.1 Å². The molecule has 0 aliphatic carbocycles. The summed E-state index contributed by atoms with van der Waals surface area (Å²) in [5.41, 5.74) is 0.0760. The normalized spacial score (nSPS) is 11.5. The van der Waals surface area contributed by atoms with Crippen molar-refractivity contribution in [3.05, 3.63) is 28.5 Å². The molecule has 0 saturated carbocycles. The molecule has 0 aromatic heterocycles. The first-order valence-corrected chi connectivity index (χ1v) is 7.78. The van der Waals surface area contributed by atoms with Crippen LogP contribution in [0.5, 0.6) is 0 Å². The van der Waals surface area contributed by atoms with Gasteiger partial charge in [0.25, 0.3) is 0 Å². The van der Waals surface area contributed by atoms with Gasteiger partial charge in [-0.1, -0.05) is 32.4 Å². The Morgan fingerprint density at radius 2 is 2.00 bits per heavy atom. The fraction of sp³-hybridized carbons (Fsp3) is 0.500. The van der Waals surface area contributed by atoms with Crippen LogP contribution >= 0.6 is 23.8 Å². The van der Waals surface area contributed by atoms with Gasteiger partial charge in [-0.05, 0) is 43.8 Å². The third-order valence-corrected chi connectivity index (χ3v) is 3.36. The van der Waals surface area contributed by atoms with Crippen LogP contribution in [0.4, 0.5) is 10.1 Å². The van der Waals surface area contributed by atoms with Gasteiger partial charge in [-0.15, -0.1) is 0 Å². The molecule has 0 aliphatic rings. The van der Waals surface area contributed by atoms with E-state index in [2.05, 4.69) is 5.32 Å². The summed E-state index contributed by atoms with van der Waals surface area (Å²) in [5, 5.41) is 3.20. The van der Waals surface area contributed by atoms with E-state index < -0.39 is 11.2 Å². The van der Waals surface area contributed by atoms with Gasteiger partial charge in [-0.25, -0.2) is 4.39 Å². The fourth-order valence-corrected chi connectivity index (χ4v) is 2.16. The van der Waals surface area contributed by atoms with Crippen molar-refractivity contribution in [1.82, 2.24) is 0 Å². The third kappa shape index (κ3) is 5.54. The van der Waals surface area contributed by atoms with Gasteiger partial charge in [0.1, 0.15) is 5.82 Å². The minimum atomic E-state index is -0.623. The second-order valence-corrected chi connectivity index (χ2v) is 7.21. The number of carbonyl (C=O) groups is 1. The lowest BCUT2D eigenvalue weighted by atomic mass is 9.95. The summed E-state index contributed by atoms with van der Waals surface area (Å²) in [7, 11) is 0. The molecular formula is C16H21ClFNO2S. The minimum Gasteiger partial charge on any atom is -0.484 e. The number of halogens is 2. The number of hydrogen-bond donors (Lipinski definition) is 1. The first kappa shape index (κ1) is 18.8. The van der Waals surface area contributed by atoms with Crippen LogP contribution in [0, 0.1) is 11.2 Å². The monoisotopic (exact) mass is 345 g/mol. The molecule has 22 heavy (non-hydrogen) atoms. The highest BCUT2D eigenvalue weighted by Crippen LogP contribution is 2.27. The van der Waals surface area contributed by atoms with E-state index in [0.717, 1.165) is 0 Å². The van der Waals surface area contributed by atoms with Crippen molar-refractivity contribution in [2.24, 2.45) is 5.41 Å². The van der Waals surface area contributed by atoms with E-state index in [1.807, 2.05) is 13.8 Å². The number of hydrogen-bond acceptors (Lipinski definition) is 3. The van der Waals surface area contributed by atoms with E-state index in [9.17, 15) is 9.18 Å². The van der Waals surface area contributed by atoms with Crippen molar-refractivity contribution in [2.75, 3.05) is 5.32 Å². The van der Waals surface area contributed by atoms with Gasteiger partial charge >= 0.3 is 0 Å². The molecule has 6 heteroatoms. The summed E-state index contributed by atoms with van der Waals surface area (Å²) >= 11 is 11.2. The predicted octanol–water partition coefficient (Wildman–Crippen LogP) is 4.76. The molecule has 3 nitrogen and oxygen atoms in total. The van der Waals surface area contributed by atoms with Gasteiger partial charge in [-0.3, -0.25) is 4.79 Å². The van der Waals surface area contributed by atoms with Crippen LogP contribution in [0.1, 0.15) is 40.2 Å². The zero-order valence-corrected chi connectivity index (χ0v) is 15.0. The van der Waals surface area contributed by atoms with Crippen LogP contribution < -0.4 is 5.32 Å². The molecule has 0 aliphatic heterocycles. The summed E-state index contributed by atoms with van der Waals surface area (Å²) in [6.45, 7) is 9.00. The first-order valence-electron chi connectivity index (χ1n) is 6.99. The quantitative estimate of drug-likeness (QED) is 0.799. The molecule has 1 rings (SSSR count). The van der Waals surface area contributed by atoms with Crippen molar-refractivity contribution in [2.45, 2.75) is 47.1 Å². The summed E-state index contributed by atoms with van der Waals surface area (Å²) in [6.07, 6.45) is 0.247. The number of carbonyl (C=O) groups excluding carboxylic acids is 1. The lowest BCUT2D eigenvalue weighted by Gasteiger charge is -2.19. The van der Waals surface area contributed by atoms with Gasteiger partial charge in [0.15, 0.2) is 5.05 Å². The topological polar surface area (TPSA) is 38.3 Å². The molecule has 0 spiro atoms. The van der Waals surface area contributed by atoms with Gasteiger partial charge in [0.2, 0.25) is 5.91 Å². The minimum absolute atomic E-state index is 0.0354. The first-order chi connectivity index (χ1) is 10.0. The molecular weight excluding hydrogens is 325 g/mol. The summed E-state index contributed by atoms with van der Waals surface area (Å²) in [6, 6.07) is 2.67. The Balaban J connectivity index is 2.99. The van der Waals surface area contributed by atoms with Crippen molar-refractivity contribution in [3.63, 3.8) is 0 Å². The van der Waals surface area contributed by atoms with E-state index in [4.69, 9.17) is 28.6 Å². The number of nitrogens with one attached hydrogen (secondary N) is 1. The van der Waals surface area contributed by atoms with Crippen LogP contribution in [0.15, 0.2) is 12.1 Å². The lowest BCUT2D eigenvalue weighted by molar-refractivity contribution is -0.123. The molecule has 1 N–H and O–H groups in total. The molecule has 1 aromatic carbocycles. The molecule has 0 atom stereocenters. The van der Waals surface area contributed by atoms with Crippen molar-refractivity contribution in [1.29, 1.82) is 0 Å². The third-order valence-electron chi connectivity index (χ3n) is 2.77. The van der Waals surface area contributed by atoms with Gasteiger partial charge < -0.3 is 10.1 Å². The average molecular weight is 346 g/mol. The highest BCUT2D eigenvalue weighted by atomic mass is 35.5. The standard InChI is InChI=1S/C16H21ClFNO2S/c1-9(2)21-14(22)7-10-6-13(12(18)8-11(10)17)19-15(20)16(3,4)5/h6,8-9H,7H2,1-5H3,(H,19,20). The van der Waals surface area contributed by atoms with E-state index >= 15 is 0 Å². The fourth-order valence-electron chi connectivity index (χ4n) is 1.59. The number of ether oxygens (including phenoxy) is 1. The second-order valence-electron chi connectivity index (χ2n) is 6.34. The highest BCUT2D eigenvalue weighted by molar-refractivity contribution is 7.80. The molecule has 0 unspecified atom stereocenters. The van der Waals surface area contributed by atoms with E-state index in [1.54, 1.807) is 20.8 Å². The molecule has 0 heterocycles. The van der Waals surface area contributed by atoms with Crippen LogP contribution in [-0.2, 0) is 16.0 Å². The smallest absolute Gasteiger partial charge is 0.229 e. The largest absolute Gasteiger partial charge is 0.484 e. The maximum atomic E-state index is 14.0. The Hall–Kier alpha value is -1.20. The number of thiocarbonyl (C=S) groups is 1. The molecule has 0 radical (unpaired) electrons. The van der Waals surface area contributed by atoms with Crippen molar-refractivity contribution >= 4 is 40.5 Å². The lowest BCUT2D eigenvalue weighted by Crippen LogP contribution is -2.28. The molecule has 1 amide bonds. The maximum absolute atomic E-state index is 14.0. The van der Waals surface area contributed by atoms with E-state index in [0.29, 0.717) is 10.6 Å². The summed E-state index contributed by atoms with van der Waals surface area (Å²) in [5.74, 6) is -0.859. The maximum Gasteiger partial charge on any atom is 0.229 e. The molecule has 1 aromatic rings. The highest BCUT2D eigenvalue weighted by Gasteiger charge is 2.23. The van der Waals surface area contributed by atoms with Gasteiger partial charge in [0, 0.05) is 16.9 Å². The number of amides is 1. The number of rotatable bonds is 4. The molecule has 0 fully saturated rings. The van der Waals surface area contributed by atoms with Crippen molar-refractivity contribution in [3.8, 4) is 0 Å².